The fourth-order valence-corrected chi connectivity index (χ4v) is 2.37. The molecule has 0 heterocycles. The van der Waals surface area contributed by atoms with Gasteiger partial charge in [0.1, 0.15) is 11.3 Å². The summed E-state index contributed by atoms with van der Waals surface area (Å²) in [7, 11) is 1.38. The molecule has 0 aliphatic carbocycles. The Labute approximate surface area is 151 Å². The molecule has 0 spiro atoms. The van der Waals surface area contributed by atoms with Gasteiger partial charge in [-0.25, -0.2) is 17.6 Å². The Kier molecular flexibility index (Phi) is 5.84. The summed E-state index contributed by atoms with van der Waals surface area (Å²) in [5, 5.41) is 4.15. The van der Waals surface area contributed by atoms with Crippen LogP contribution in [0.3, 0.4) is 0 Å². The van der Waals surface area contributed by atoms with Crippen LogP contribution in [0.15, 0.2) is 41.6 Å². The van der Waals surface area contributed by atoms with Crippen LogP contribution in [-0.2, 0) is 9.59 Å². The zero-order chi connectivity index (χ0) is 20.3. The lowest BCUT2D eigenvalue weighted by atomic mass is 10.0. The number of nitrogens with two attached hydrogens (primary N) is 1. The molecule has 5 nitrogen and oxygen atoms in total. The first-order valence-corrected chi connectivity index (χ1v) is 7.61. The Morgan fingerprint density at radius 1 is 0.926 bits per heavy atom. The topological polar surface area (TPSA) is 84.2 Å². The number of carbonyl (C=O) groups is 2. The van der Waals surface area contributed by atoms with Gasteiger partial charge in [0, 0.05) is 12.7 Å². The Bertz CT molecular complexity index is 914. The van der Waals surface area contributed by atoms with Gasteiger partial charge in [-0.1, -0.05) is 30.3 Å². The van der Waals surface area contributed by atoms with E-state index in [1.54, 1.807) is 11.4 Å². The highest BCUT2D eigenvalue weighted by Crippen LogP contribution is 2.34. The number of allylic oxidation sites excluding steroid dienone is 1. The van der Waals surface area contributed by atoms with Gasteiger partial charge in [0.2, 0.25) is 0 Å². The third kappa shape index (κ3) is 3.76. The van der Waals surface area contributed by atoms with Crippen molar-refractivity contribution in [3.8, 4) is 11.1 Å². The molecular formula is C18H15F4N3O2. The van der Waals surface area contributed by atoms with E-state index >= 15 is 0 Å². The van der Waals surface area contributed by atoms with E-state index in [2.05, 4.69) is 5.32 Å². The van der Waals surface area contributed by atoms with Crippen molar-refractivity contribution in [1.82, 2.24) is 5.32 Å². The molecule has 0 fully saturated rings. The summed E-state index contributed by atoms with van der Waals surface area (Å²) in [6.07, 6.45) is 0. The van der Waals surface area contributed by atoms with Crippen molar-refractivity contribution in [3.63, 3.8) is 0 Å². The van der Waals surface area contributed by atoms with E-state index in [0.717, 1.165) is 0 Å². The predicted octanol–water partition coefficient (Wildman–Crippen LogP) is 2.83. The SMILES string of the molecule is CN/C(C)=C(\C(N)=O)C(=O)Nc1c(F)c(F)c(-c2ccccc2)c(F)c1F. The number of carbonyl (C=O) groups excluding carboxylic acids is 2. The minimum absolute atomic E-state index is 0.00247. The molecule has 9 heteroatoms. The number of hydrogen-bond donors (Lipinski definition) is 3. The average molecular weight is 381 g/mol. The van der Waals surface area contributed by atoms with Gasteiger partial charge in [-0.3, -0.25) is 9.59 Å². The van der Waals surface area contributed by atoms with E-state index in [-0.39, 0.29) is 11.3 Å². The fourth-order valence-electron chi connectivity index (χ4n) is 2.37. The smallest absolute Gasteiger partial charge is 0.263 e. The molecule has 2 aromatic carbocycles. The molecule has 0 bridgehead atoms. The summed E-state index contributed by atoms with van der Waals surface area (Å²) in [6, 6.07) is 6.96. The molecule has 2 aromatic rings. The first-order chi connectivity index (χ1) is 12.7. The first kappa shape index (κ1) is 20.0. The van der Waals surface area contributed by atoms with E-state index in [9.17, 15) is 27.2 Å². The van der Waals surface area contributed by atoms with Gasteiger partial charge in [0.25, 0.3) is 11.8 Å². The summed E-state index contributed by atoms with van der Waals surface area (Å²) in [6.45, 7) is 1.31. The summed E-state index contributed by atoms with van der Waals surface area (Å²) in [5.41, 5.74) is 2.05. The van der Waals surface area contributed by atoms with E-state index in [1.807, 2.05) is 0 Å². The molecule has 27 heavy (non-hydrogen) atoms. The fraction of sp³-hybridized carbons (Fsp3) is 0.111. The van der Waals surface area contributed by atoms with Gasteiger partial charge in [0.15, 0.2) is 23.3 Å². The van der Waals surface area contributed by atoms with Gasteiger partial charge in [-0.15, -0.1) is 0 Å². The maximum atomic E-state index is 14.4. The normalized spacial score (nSPS) is 11.6. The highest BCUT2D eigenvalue weighted by Gasteiger charge is 2.29. The van der Waals surface area contributed by atoms with Crippen molar-refractivity contribution < 1.29 is 27.2 Å². The number of benzene rings is 2. The largest absolute Gasteiger partial charge is 0.391 e. The number of halogens is 4. The molecule has 142 valence electrons. The Morgan fingerprint density at radius 2 is 1.44 bits per heavy atom. The maximum absolute atomic E-state index is 14.4. The standard InChI is InChI=1S/C18H15F4N3O2/c1-8(24-2)10(17(23)26)18(27)25-16-14(21)12(19)11(13(20)15(16)22)9-6-4-3-5-7-9/h3-7,24H,1-2H3,(H2,23,26)(H,25,27)/b10-8+. The highest BCUT2D eigenvalue weighted by atomic mass is 19.2. The summed E-state index contributed by atoms with van der Waals surface area (Å²) in [5.74, 6) is -9.52. The molecule has 0 radical (unpaired) electrons. The maximum Gasteiger partial charge on any atom is 0.263 e. The van der Waals surface area contributed by atoms with Crippen molar-refractivity contribution in [2.24, 2.45) is 5.73 Å². The molecule has 4 N–H and O–H groups in total. The number of nitrogens with one attached hydrogen (secondary N) is 2. The summed E-state index contributed by atoms with van der Waals surface area (Å²) < 4.78 is 57.5. The number of primary amides is 1. The van der Waals surface area contributed by atoms with Crippen LogP contribution in [0.4, 0.5) is 23.2 Å². The van der Waals surface area contributed by atoms with Crippen molar-refractivity contribution in [1.29, 1.82) is 0 Å². The second-order valence-corrected chi connectivity index (χ2v) is 5.44. The van der Waals surface area contributed by atoms with Crippen LogP contribution in [0.5, 0.6) is 0 Å². The van der Waals surface area contributed by atoms with Gasteiger partial charge >= 0.3 is 0 Å². The quantitative estimate of drug-likeness (QED) is 0.245. The molecule has 0 aliphatic heterocycles. The Balaban J connectivity index is 2.58. The summed E-state index contributed by atoms with van der Waals surface area (Å²) in [4.78, 5) is 23.6. The number of amides is 2. The minimum Gasteiger partial charge on any atom is -0.391 e. The average Bonchev–Trinajstić information content (AvgIpc) is 2.64. The van der Waals surface area contributed by atoms with Gasteiger partial charge in [0.05, 0.1) is 5.56 Å². The third-order valence-electron chi connectivity index (χ3n) is 3.79. The zero-order valence-electron chi connectivity index (χ0n) is 14.3. The molecule has 2 rings (SSSR count). The van der Waals surface area contributed by atoms with Gasteiger partial charge < -0.3 is 16.4 Å². The lowest BCUT2D eigenvalue weighted by Crippen LogP contribution is -2.30. The lowest BCUT2D eigenvalue weighted by molar-refractivity contribution is -0.119. The first-order valence-electron chi connectivity index (χ1n) is 7.61. The van der Waals surface area contributed by atoms with E-state index in [1.165, 1.54) is 38.2 Å². The van der Waals surface area contributed by atoms with Gasteiger partial charge in [-0.2, -0.15) is 0 Å². The lowest BCUT2D eigenvalue weighted by Gasteiger charge is -2.14. The summed E-state index contributed by atoms with van der Waals surface area (Å²) >= 11 is 0. The number of anilines is 1. The van der Waals surface area contributed by atoms with Crippen LogP contribution in [0.2, 0.25) is 0 Å². The van der Waals surface area contributed by atoms with Crippen molar-refractivity contribution in [2.75, 3.05) is 12.4 Å². The van der Waals surface area contributed by atoms with E-state index in [4.69, 9.17) is 5.73 Å². The highest BCUT2D eigenvalue weighted by molar-refractivity contribution is 6.22. The molecule has 0 atom stereocenters. The van der Waals surface area contributed by atoms with E-state index < -0.39 is 51.9 Å². The van der Waals surface area contributed by atoms with Crippen molar-refractivity contribution in [2.45, 2.75) is 6.92 Å². The van der Waals surface area contributed by atoms with Crippen LogP contribution in [-0.4, -0.2) is 18.9 Å². The third-order valence-corrected chi connectivity index (χ3v) is 3.79. The van der Waals surface area contributed by atoms with Crippen molar-refractivity contribution in [3.05, 3.63) is 64.9 Å². The minimum atomic E-state index is -1.81. The Hall–Kier alpha value is -3.36. The predicted molar refractivity (Wildman–Crippen MR) is 91.3 cm³/mol. The van der Waals surface area contributed by atoms with Crippen LogP contribution in [0.1, 0.15) is 6.92 Å². The molecule has 2 amide bonds. The van der Waals surface area contributed by atoms with Crippen molar-refractivity contribution >= 4 is 17.5 Å². The van der Waals surface area contributed by atoms with Gasteiger partial charge in [-0.05, 0) is 12.5 Å². The van der Waals surface area contributed by atoms with Crippen LogP contribution in [0.25, 0.3) is 11.1 Å². The number of hydrogen-bond acceptors (Lipinski definition) is 3. The number of rotatable bonds is 5. The molecule has 0 aliphatic rings. The zero-order valence-corrected chi connectivity index (χ0v) is 14.3. The van der Waals surface area contributed by atoms with E-state index in [0.29, 0.717) is 0 Å². The molecular weight excluding hydrogens is 366 g/mol. The molecule has 0 aromatic heterocycles. The van der Waals surface area contributed by atoms with Crippen LogP contribution in [0, 0.1) is 23.3 Å². The Morgan fingerprint density at radius 3 is 1.89 bits per heavy atom. The molecule has 0 unspecified atom stereocenters. The molecule has 0 saturated heterocycles. The molecule has 0 saturated carbocycles. The monoisotopic (exact) mass is 381 g/mol. The second-order valence-electron chi connectivity index (χ2n) is 5.44. The van der Waals surface area contributed by atoms with Crippen LogP contribution < -0.4 is 16.4 Å². The van der Waals surface area contributed by atoms with Crippen LogP contribution >= 0.6 is 0 Å². The second kappa shape index (κ2) is 7.90.